The van der Waals surface area contributed by atoms with Gasteiger partial charge >= 0.3 is 0 Å². The van der Waals surface area contributed by atoms with Gasteiger partial charge in [0.25, 0.3) is 0 Å². The normalized spacial score (nSPS) is 19.1. The summed E-state index contributed by atoms with van der Waals surface area (Å²) in [6, 6.07) is 0. The largest absolute Gasteiger partial charge is 0.356 e. The van der Waals surface area contributed by atoms with Gasteiger partial charge in [-0.3, -0.25) is 4.79 Å². The average Bonchev–Trinajstić information content (AvgIpc) is 2.28. The van der Waals surface area contributed by atoms with Crippen LogP contribution in [0.15, 0.2) is 12.7 Å². The van der Waals surface area contributed by atoms with Crippen molar-refractivity contribution < 1.29 is 4.79 Å². The predicted octanol–water partition coefficient (Wildman–Crippen LogP) is 1.85. The molecule has 3 nitrogen and oxygen atoms in total. The van der Waals surface area contributed by atoms with Crippen molar-refractivity contribution in [2.45, 2.75) is 39.0 Å². The Morgan fingerprint density at radius 1 is 1.50 bits per heavy atom. The van der Waals surface area contributed by atoms with Crippen molar-refractivity contribution in [1.82, 2.24) is 10.6 Å². The zero-order chi connectivity index (χ0) is 11.9. The molecule has 0 unspecified atom stereocenters. The number of carbonyl (C=O) groups is 1. The lowest BCUT2D eigenvalue weighted by atomic mass is 9.81. The molecule has 3 heteroatoms. The first-order valence-electron chi connectivity index (χ1n) is 6.25. The fraction of sp³-hybridized carbons (Fsp3) is 0.769. The van der Waals surface area contributed by atoms with Crippen molar-refractivity contribution in [3.05, 3.63) is 12.7 Å². The van der Waals surface area contributed by atoms with Crippen LogP contribution < -0.4 is 10.6 Å². The molecular weight excluding hydrogens is 200 g/mol. The molecule has 0 spiro atoms. The standard InChI is InChI=1S/C13H24N2O/c1-3-4-5-6-12(16)15-11-13(2)7-9-14-10-8-13/h3,14H,1,4-11H2,2H3,(H,15,16). The molecule has 0 bridgehead atoms. The molecule has 1 fully saturated rings. The van der Waals surface area contributed by atoms with Gasteiger partial charge in [0.05, 0.1) is 0 Å². The van der Waals surface area contributed by atoms with Gasteiger partial charge in [0.15, 0.2) is 0 Å². The van der Waals surface area contributed by atoms with Gasteiger partial charge in [0, 0.05) is 13.0 Å². The highest BCUT2D eigenvalue weighted by Gasteiger charge is 2.26. The summed E-state index contributed by atoms with van der Waals surface area (Å²) in [4.78, 5) is 11.5. The van der Waals surface area contributed by atoms with Crippen LogP contribution in [-0.4, -0.2) is 25.5 Å². The van der Waals surface area contributed by atoms with E-state index in [4.69, 9.17) is 0 Å². The van der Waals surface area contributed by atoms with Crippen molar-refractivity contribution in [1.29, 1.82) is 0 Å². The third kappa shape index (κ3) is 4.79. The van der Waals surface area contributed by atoms with E-state index in [0.29, 0.717) is 11.8 Å². The van der Waals surface area contributed by atoms with Gasteiger partial charge in [-0.05, 0) is 44.2 Å². The van der Waals surface area contributed by atoms with Crippen LogP contribution in [0.2, 0.25) is 0 Å². The van der Waals surface area contributed by atoms with Gasteiger partial charge in [-0.1, -0.05) is 13.0 Å². The summed E-state index contributed by atoms with van der Waals surface area (Å²) in [6.45, 7) is 8.88. The van der Waals surface area contributed by atoms with E-state index >= 15 is 0 Å². The Labute approximate surface area is 98.7 Å². The van der Waals surface area contributed by atoms with Crippen molar-refractivity contribution in [3.63, 3.8) is 0 Å². The lowest BCUT2D eigenvalue weighted by Crippen LogP contribution is -2.42. The predicted molar refractivity (Wildman–Crippen MR) is 67.3 cm³/mol. The van der Waals surface area contributed by atoms with E-state index in [9.17, 15) is 4.79 Å². The fourth-order valence-electron chi connectivity index (χ4n) is 2.01. The van der Waals surface area contributed by atoms with Crippen LogP contribution in [0.25, 0.3) is 0 Å². The Hall–Kier alpha value is -0.830. The zero-order valence-electron chi connectivity index (χ0n) is 10.3. The second-order valence-electron chi connectivity index (χ2n) is 5.02. The Morgan fingerprint density at radius 2 is 2.19 bits per heavy atom. The molecule has 92 valence electrons. The quantitative estimate of drug-likeness (QED) is 0.534. The Balaban J connectivity index is 2.17. The van der Waals surface area contributed by atoms with Gasteiger partial charge in [0.2, 0.25) is 5.91 Å². The molecular formula is C13H24N2O. The lowest BCUT2D eigenvalue weighted by molar-refractivity contribution is -0.121. The summed E-state index contributed by atoms with van der Waals surface area (Å²) in [5.41, 5.74) is 0.291. The average molecular weight is 224 g/mol. The summed E-state index contributed by atoms with van der Waals surface area (Å²) >= 11 is 0. The van der Waals surface area contributed by atoms with E-state index in [1.807, 2.05) is 6.08 Å². The number of nitrogens with one attached hydrogen (secondary N) is 2. The monoisotopic (exact) mass is 224 g/mol. The first-order valence-corrected chi connectivity index (χ1v) is 6.25. The third-order valence-corrected chi connectivity index (χ3v) is 3.34. The molecule has 1 rings (SSSR count). The maximum absolute atomic E-state index is 11.5. The summed E-state index contributed by atoms with van der Waals surface area (Å²) in [6.07, 6.45) is 6.63. The van der Waals surface area contributed by atoms with Crippen molar-refractivity contribution in [2.75, 3.05) is 19.6 Å². The molecule has 0 aromatic heterocycles. The van der Waals surface area contributed by atoms with Crippen molar-refractivity contribution in [3.8, 4) is 0 Å². The molecule has 0 atom stereocenters. The van der Waals surface area contributed by atoms with Crippen molar-refractivity contribution in [2.24, 2.45) is 5.41 Å². The molecule has 1 aliphatic rings. The minimum absolute atomic E-state index is 0.182. The number of hydrogen-bond acceptors (Lipinski definition) is 2. The van der Waals surface area contributed by atoms with Gasteiger partial charge in [-0.25, -0.2) is 0 Å². The number of amides is 1. The first-order chi connectivity index (χ1) is 7.66. The third-order valence-electron chi connectivity index (χ3n) is 3.34. The maximum Gasteiger partial charge on any atom is 0.220 e. The highest BCUT2D eigenvalue weighted by atomic mass is 16.1. The van der Waals surface area contributed by atoms with E-state index in [1.54, 1.807) is 0 Å². The summed E-state index contributed by atoms with van der Waals surface area (Å²) in [5, 5.41) is 6.40. The van der Waals surface area contributed by atoms with E-state index in [0.717, 1.165) is 45.3 Å². The van der Waals surface area contributed by atoms with Crippen molar-refractivity contribution >= 4 is 5.91 Å². The van der Waals surface area contributed by atoms with Gasteiger partial charge in [-0.2, -0.15) is 0 Å². The SMILES string of the molecule is C=CCCCC(=O)NCC1(C)CCNCC1. The Kier molecular flexibility index (Phi) is 5.53. The molecule has 0 aromatic rings. The minimum Gasteiger partial charge on any atom is -0.356 e. The summed E-state index contributed by atoms with van der Waals surface area (Å²) < 4.78 is 0. The van der Waals surface area contributed by atoms with E-state index in [1.165, 1.54) is 0 Å². The van der Waals surface area contributed by atoms with Gasteiger partial charge < -0.3 is 10.6 Å². The molecule has 0 aliphatic carbocycles. The van der Waals surface area contributed by atoms with E-state index < -0.39 is 0 Å². The minimum atomic E-state index is 0.182. The van der Waals surface area contributed by atoms with Gasteiger partial charge in [0.1, 0.15) is 0 Å². The highest BCUT2D eigenvalue weighted by molar-refractivity contribution is 5.75. The Bertz CT molecular complexity index is 232. The molecule has 0 saturated carbocycles. The number of rotatable bonds is 6. The number of carbonyl (C=O) groups excluding carboxylic acids is 1. The van der Waals surface area contributed by atoms with Crippen LogP contribution in [0.4, 0.5) is 0 Å². The molecule has 2 N–H and O–H groups in total. The second kappa shape index (κ2) is 6.69. The smallest absolute Gasteiger partial charge is 0.220 e. The Morgan fingerprint density at radius 3 is 2.81 bits per heavy atom. The van der Waals surface area contributed by atoms with Gasteiger partial charge in [-0.15, -0.1) is 6.58 Å². The molecule has 1 aliphatic heterocycles. The zero-order valence-corrected chi connectivity index (χ0v) is 10.3. The van der Waals surface area contributed by atoms with E-state index in [2.05, 4.69) is 24.1 Å². The lowest BCUT2D eigenvalue weighted by Gasteiger charge is -2.34. The summed E-state index contributed by atoms with van der Waals surface area (Å²) in [7, 11) is 0. The van der Waals surface area contributed by atoms with Crippen LogP contribution in [0.3, 0.4) is 0 Å². The van der Waals surface area contributed by atoms with Crippen LogP contribution >= 0.6 is 0 Å². The van der Waals surface area contributed by atoms with E-state index in [-0.39, 0.29) is 5.91 Å². The molecule has 1 amide bonds. The van der Waals surface area contributed by atoms with Crippen LogP contribution in [-0.2, 0) is 4.79 Å². The first kappa shape index (κ1) is 13.2. The molecule has 1 saturated heterocycles. The fourth-order valence-corrected chi connectivity index (χ4v) is 2.01. The molecule has 16 heavy (non-hydrogen) atoms. The number of piperidine rings is 1. The maximum atomic E-state index is 11.5. The number of allylic oxidation sites excluding steroid dienone is 1. The highest BCUT2D eigenvalue weighted by Crippen LogP contribution is 2.26. The molecule has 0 radical (unpaired) electrons. The van der Waals surface area contributed by atoms with Crippen LogP contribution in [0, 0.1) is 5.41 Å². The molecule has 0 aromatic carbocycles. The summed E-state index contributed by atoms with van der Waals surface area (Å²) in [5.74, 6) is 0.182. The van der Waals surface area contributed by atoms with Crippen LogP contribution in [0.5, 0.6) is 0 Å². The molecule has 1 heterocycles. The number of unbranched alkanes of at least 4 members (excludes halogenated alkanes) is 1. The van der Waals surface area contributed by atoms with Crippen LogP contribution in [0.1, 0.15) is 39.0 Å². The topological polar surface area (TPSA) is 41.1 Å². The number of hydrogen-bond donors (Lipinski definition) is 2. The second-order valence-corrected chi connectivity index (χ2v) is 5.02.